The van der Waals surface area contributed by atoms with Crippen molar-refractivity contribution in [3.63, 3.8) is 0 Å². The molecule has 112 valence electrons. The van der Waals surface area contributed by atoms with Crippen molar-refractivity contribution >= 4 is 34.2 Å². The number of nitrogens with two attached hydrogens (primary N) is 1. The molecule has 0 aliphatic heterocycles. The van der Waals surface area contributed by atoms with E-state index in [-0.39, 0.29) is 5.88 Å². The summed E-state index contributed by atoms with van der Waals surface area (Å²) in [4.78, 5) is 8.85. The van der Waals surface area contributed by atoms with E-state index in [0.29, 0.717) is 11.7 Å². The number of hydrogen-bond acceptors (Lipinski definition) is 3. The third kappa shape index (κ3) is 2.83. The zero-order valence-corrected chi connectivity index (χ0v) is 13.2. The number of oxazole rings is 1. The van der Waals surface area contributed by atoms with E-state index in [1.165, 1.54) is 0 Å². The fourth-order valence-electron chi connectivity index (χ4n) is 2.20. The summed E-state index contributed by atoms with van der Waals surface area (Å²) in [6.07, 6.45) is 0. The second-order valence-corrected chi connectivity index (χ2v) is 5.50. The number of hydrogen-bond donors (Lipinski definition) is 1. The van der Waals surface area contributed by atoms with E-state index < -0.39 is 0 Å². The average molecular weight is 314 g/mol. The average Bonchev–Trinajstić information content (AvgIpc) is 2.92. The van der Waals surface area contributed by atoms with Crippen molar-refractivity contribution in [1.29, 1.82) is 0 Å². The molecule has 3 rings (SSSR count). The molecule has 0 fully saturated rings. The molecule has 4 nitrogen and oxygen atoms in total. The summed E-state index contributed by atoms with van der Waals surface area (Å²) >= 11 is 5.69. The summed E-state index contributed by atoms with van der Waals surface area (Å²) in [6, 6.07) is 11.8. The first kappa shape index (κ1) is 14.6. The Labute approximate surface area is 133 Å². The van der Waals surface area contributed by atoms with E-state index in [4.69, 9.17) is 21.8 Å². The first-order chi connectivity index (χ1) is 10.6. The summed E-state index contributed by atoms with van der Waals surface area (Å²) in [5, 5.41) is 0. The predicted molar refractivity (Wildman–Crippen MR) is 90.9 cm³/mol. The molecular weight excluding hydrogens is 298 g/mol. The number of halogens is 1. The fraction of sp³-hybridized carbons (Fsp3) is 0.176. The van der Waals surface area contributed by atoms with Crippen LogP contribution in [0.5, 0.6) is 0 Å². The van der Waals surface area contributed by atoms with E-state index in [1.54, 1.807) is 0 Å². The maximum atomic E-state index is 5.84. The molecule has 0 amide bonds. The number of aryl methyl sites for hydroxylation is 2. The van der Waals surface area contributed by atoms with Crippen LogP contribution in [0.4, 0.5) is 5.69 Å². The van der Waals surface area contributed by atoms with Gasteiger partial charge in [0.05, 0.1) is 11.6 Å². The molecule has 22 heavy (non-hydrogen) atoms. The van der Waals surface area contributed by atoms with Gasteiger partial charge in [0.2, 0.25) is 5.89 Å². The van der Waals surface area contributed by atoms with Crippen LogP contribution in [0.25, 0.3) is 22.6 Å². The Bertz CT molecular complexity index is 867. The topological polar surface area (TPSA) is 64.4 Å². The minimum Gasteiger partial charge on any atom is -0.436 e. The lowest BCUT2D eigenvalue weighted by atomic mass is 10.1. The lowest BCUT2D eigenvalue weighted by Crippen LogP contribution is -2.12. The van der Waals surface area contributed by atoms with Crippen molar-refractivity contribution in [2.75, 3.05) is 5.88 Å². The van der Waals surface area contributed by atoms with Gasteiger partial charge < -0.3 is 10.2 Å². The van der Waals surface area contributed by atoms with Gasteiger partial charge in [-0.1, -0.05) is 12.1 Å². The van der Waals surface area contributed by atoms with Gasteiger partial charge >= 0.3 is 0 Å². The van der Waals surface area contributed by atoms with Gasteiger partial charge in [-0.25, -0.2) is 9.98 Å². The zero-order valence-electron chi connectivity index (χ0n) is 12.4. The van der Waals surface area contributed by atoms with Crippen LogP contribution in [0.1, 0.15) is 11.1 Å². The van der Waals surface area contributed by atoms with Crippen molar-refractivity contribution in [2.24, 2.45) is 10.7 Å². The van der Waals surface area contributed by atoms with Crippen molar-refractivity contribution in [3.8, 4) is 11.5 Å². The molecule has 0 aliphatic carbocycles. The van der Waals surface area contributed by atoms with Crippen molar-refractivity contribution in [1.82, 2.24) is 4.98 Å². The molecule has 1 aromatic heterocycles. The summed E-state index contributed by atoms with van der Waals surface area (Å²) in [6.45, 7) is 3.99. The van der Waals surface area contributed by atoms with Gasteiger partial charge in [-0.3, -0.25) is 0 Å². The lowest BCUT2D eigenvalue weighted by Gasteiger charge is -2.03. The van der Waals surface area contributed by atoms with Crippen molar-refractivity contribution < 1.29 is 4.42 Å². The van der Waals surface area contributed by atoms with Crippen LogP contribution < -0.4 is 5.73 Å². The Kier molecular flexibility index (Phi) is 3.86. The van der Waals surface area contributed by atoms with Crippen LogP contribution in [0.3, 0.4) is 0 Å². The molecule has 1 heterocycles. The zero-order chi connectivity index (χ0) is 15.7. The third-order valence-electron chi connectivity index (χ3n) is 3.40. The first-order valence-corrected chi connectivity index (χ1v) is 7.47. The van der Waals surface area contributed by atoms with E-state index >= 15 is 0 Å². The molecule has 5 heteroatoms. The SMILES string of the molecule is Cc1ccc2nc(-c3ccc(C)c(N=C(N)CCl)c3)oc2c1. The Balaban J connectivity index is 2.08. The third-order valence-corrected chi connectivity index (χ3v) is 3.67. The number of nitrogens with zero attached hydrogens (tertiary/aromatic N) is 2. The van der Waals surface area contributed by atoms with Crippen LogP contribution >= 0.6 is 11.6 Å². The van der Waals surface area contributed by atoms with Crippen molar-refractivity contribution in [2.45, 2.75) is 13.8 Å². The van der Waals surface area contributed by atoms with E-state index in [2.05, 4.69) is 9.98 Å². The van der Waals surface area contributed by atoms with Gasteiger partial charge in [-0.2, -0.15) is 0 Å². The number of rotatable bonds is 3. The quantitative estimate of drug-likeness (QED) is 0.444. The van der Waals surface area contributed by atoms with Gasteiger partial charge in [-0.05, 0) is 49.2 Å². The maximum Gasteiger partial charge on any atom is 0.227 e. The molecule has 0 atom stereocenters. The highest BCUT2D eigenvalue weighted by Gasteiger charge is 2.10. The number of amidine groups is 1. The van der Waals surface area contributed by atoms with Gasteiger partial charge in [0, 0.05) is 5.56 Å². The van der Waals surface area contributed by atoms with Crippen LogP contribution in [-0.2, 0) is 0 Å². The molecule has 2 aromatic carbocycles. The minimum absolute atomic E-state index is 0.200. The van der Waals surface area contributed by atoms with E-state index in [1.807, 2.05) is 50.2 Å². The number of aliphatic imine (C=N–C) groups is 1. The number of fused-ring (bicyclic) bond motifs is 1. The van der Waals surface area contributed by atoms with Crippen LogP contribution in [0, 0.1) is 13.8 Å². The fourth-order valence-corrected chi connectivity index (χ4v) is 2.26. The molecule has 0 bridgehead atoms. The highest BCUT2D eigenvalue weighted by molar-refractivity contribution is 6.28. The Hall–Kier alpha value is -2.33. The molecule has 0 aliphatic rings. The number of alkyl halides is 1. The van der Waals surface area contributed by atoms with E-state index in [9.17, 15) is 0 Å². The molecule has 0 saturated heterocycles. The van der Waals surface area contributed by atoms with Gasteiger partial charge in [0.25, 0.3) is 0 Å². The second kappa shape index (κ2) is 5.81. The van der Waals surface area contributed by atoms with Gasteiger partial charge in [0.1, 0.15) is 11.4 Å². The Morgan fingerprint density at radius 3 is 2.82 bits per heavy atom. The standard InChI is InChI=1S/C17H16ClN3O/c1-10-3-6-13-15(7-10)22-17(21-13)12-5-4-11(2)14(8-12)20-16(19)9-18/h3-8H,9H2,1-2H3,(H2,19,20). The summed E-state index contributed by atoms with van der Waals surface area (Å²) in [5.74, 6) is 1.16. The van der Waals surface area contributed by atoms with Crippen LogP contribution in [0.15, 0.2) is 45.8 Å². The van der Waals surface area contributed by atoms with Crippen molar-refractivity contribution in [3.05, 3.63) is 47.5 Å². The molecule has 2 N–H and O–H groups in total. The molecule has 0 saturated carbocycles. The van der Waals surface area contributed by atoms with Gasteiger partial charge in [-0.15, -0.1) is 11.6 Å². The number of aromatic nitrogens is 1. The lowest BCUT2D eigenvalue weighted by molar-refractivity contribution is 0.619. The normalized spacial score (nSPS) is 12.0. The monoisotopic (exact) mass is 313 g/mol. The smallest absolute Gasteiger partial charge is 0.227 e. The highest BCUT2D eigenvalue weighted by atomic mass is 35.5. The summed E-state index contributed by atoms with van der Waals surface area (Å²) in [5.41, 5.74) is 11.1. The molecule has 0 radical (unpaired) electrons. The number of benzene rings is 2. The molecule has 3 aromatic rings. The molecule has 0 spiro atoms. The Morgan fingerprint density at radius 1 is 1.23 bits per heavy atom. The molecule has 0 unspecified atom stereocenters. The maximum absolute atomic E-state index is 5.84. The van der Waals surface area contributed by atoms with Gasteiger partial charge in [0.15, 0.2) is 5.58 Å². The summed E-state index contributed by atoms with van der Waals surface area (Å²) < 4.78 is 5.84. The summed E-state index contributed by atoms with van der Waals surface area (Å²) in [7, 11) is 0. The Morgan fingerprint density at radius 2 is 2.05 bits per heavy atom. The second-order valence-electron chi connectivity index (χ2n) is 5.23. The molecular formula is C17H16ClN3O. The predicted octanol–water partition coefficient (Wildman–Crippen LogP) is 4.34. The van der Waals surface area contributed by atoms with E-state index in [0.717, 1.165) is 33.5 Å². The first-order valence-electron chi connectivity index (χ1n) is 6.94. The largest absolute Gasteiger partial charge is 0.436 e. The van der Waals surface area contributed by atoms with Crippen LogP contribution in [0.2, 0.25) is 0 Å². The minimum atomic E-state index is 0.200. The van der Waals surface area contributed by atoms with Crippen LogP contribution in [-0.4, -0.2) is 16.7 Å². The highest BCUT2D eigenvalue weighted by Crippen LogP contribution is 2.29.